The maximum atomic E-state index is 13.5. The molecule has 3 aliphatic carbocycles. The average Bonchev–Trinajstić information content (AvgIpc) is 3.31. The van der Waals surface area contributed by atoms with Gasteiger partial charge in [0.15, 0.2) is 0 Å². The number of rotatable bonds is 6. The van der Waals surface area contributed by atoms with Crippen LogP contribution in [0.25, 0.3) is 0 Å². The van der Waals surface area contributed by atoms with Crippen LogP contribution in [-0.2, 0) is 23.9 Å². The monoisotopic (exact) mass is 591 g/mol. The highest BCUT2D eigenvalue weighted by molar-refractivity contribution is 5.81. The number of hydroxylamine groups is 1. The first-order chi connectivity index (χ1) is 20.0. The molecule has 5 fully saturated rings. The molecule has 2 heterocycles. The van der Waals surface area contributed by atoms with Gasteiger partial charge in [-0.15, -0.1) is 0 Å². The number of carbonyl (C=O) groups is 3. The van der Waals surface area contributed by atoms with E-state index < -0.39 is 17.6 Å². The molecule has 5 aliphatic rings. The van der Waals surface area contributed by atoms with Gasteiger partial charge in [-0.2, -0.15) is 0 Å². The Kier molecular flexibility index (Phi) is 10.0. The Bertz CT molecular complexity index is 954. The minimum atomic E-state index is -0.837. The SMILES string of the molecule is CC(C)(C)OC(=O)NCC1CCC2OCC3(CCN(C(=O)C4CCC(C(=O)NOC5CCCCC5)C(O)C4)CC3)C2C1. The fraction of sp³-hybridized carbons (Fsp3) is 0.906. The van der Waals surface area contributed by atoms with Crippen molar-refractivity contribution < 1.29 is 33.8 Å². The number of hydrogen-bond donors (Lipinski definition) is 3. The summed E-state index contributed by atoms with van der Waals surface area (Å²) in [6, 6.07) is 0. The molecule has 6 unspecified atom stereocenters. The normalized spacial score (nSPS) is 33.6. The van der Waals surface area contributed by atoms with E-state index in [0.29, 0.717) is 50.7 Å². The van der Waals surface area contributed by atoms with Crippen LogP contribution in [0.4, 0.5) is 4.79 Å². The Hall–Kier alpha value is -1.91. The number of nitrogens with zero attached hydrogens (tertiary/aromatic N) is 1. The molecule has 0 aromatic rings. The molecular formula is C32H53N3O7. The quantitative estimate of drug-likeness (QED) is 0.397. The fourth-order valence-corrected chi connectivity index (χ4v) is 8.20. The van der Waals surface area contributed by atoms with Crippen molar-refractivity contribution in [3.8, 4) is 0 Å². The molecule has 238 valence electrons. The van der Waals surface area contributed by atoms with E-state index in [2.05, 4.69) is 10.8 Å². The van der Waals surface area contributed by atoms with E-state index in [1.165, 1.54) is 6.42 Å². The summed E-state index contributed by atoms with van der Waals surface area (Å²) in [4.78, 5) is 46.0. The number of piperidine rings is 1. The van der Waals surface area contributed by atoms with Crippen molar-refractivity contribution in [3.05, 3.63) is 0 Å². The molecule has 0 aromatic carbocycles. The van der Waals surface area contributed by atoms with Crippen LogP contribution in [-0.4, -0.2) is 78.1 Å². The van der Waals surface area contributed by atoms with Gasteiger partial charge in [0.2, 0.25) is 11.8 Å². The number of hydrogen-bond acceptors (Lipinski definition) is 7. The third-order valence-electron chi connectivity index (χ3n) is 10.7. The highest BCUT2D eigenvalue weighted by atomic mass is 16.7. The Morgan fingerprint density at radius 1 is 0.976 bits per heavy atom. The van der Waals surface area contributed by atoms with E-state index in [0.717, 1.165) is 64.4 Å². The molecule has 0 bridgehead atoms. The predicted octanol–water partition coefficient (Wildman–Crippen LogP) is 4.09. The number of fused-ring (bicyclic) bond motifs is 2. The van der Waals surface area contributed by atoms with Crippen molar-refractivity contribution in [1.82, 2.24) is 15.7 Å². The molecule has 3 saturated carbocycles. The van der Waals surface area contributed by atoms with E-state index in [4.69, 9.17) is 14.3 Å². The number of carbonyl (C=O) groups excluding carboxylic acids is 3. The molecule has 10 nitrogen and oxygen atoms in total. The van der Waals surface area contributed by atoms with Crippen molar-refractivity contribution in [2.24, 2.45) is 29.1 Å². The minimum absolute atomic E-state index is 0.0640. The zero-order valence-corrected chi connectivity index (χ0v) is 25.9. The smallest absolute Gasteiger partial charge is 0.407 e. The Morgan fingerprint density at radius 3 is 2.40 bits per heavy atom. The topological polar surface area (TPSA) is 126 Å². The van der Waals surface area contributed by atoms with Gasteiger partial charge >= 0.3 is 6.09 Å². The number of amides is 3. The third-order valence-corrected chi connectivity index (χ3v) is 10.7. The van der Waals surface area contributed by atoms with Crippen LogP contribution >= 0.6 is 0 Å². The molecule has 0 aromatic heterocycles. The van der Waals surface area contributed by atoms with E-state index in [-0.39, 0.29) is 41.4 Å². The van der Waals surface area contributed by atoms with E-state index in [1.807, 2.05) is 25.7 Å². The second-order valence-corrected chi connectivity index (χ2v) is 14.7. The van der Waals surface area contributed by atoms with E-state index >= 15 is 0 Å². The summed E-state index contributed by atoms with van der Waals surface area (Å²) in [6.45, 7) is 8.39. The van der Waals surface area contributed by atoms with Crippen LogP contribution in [0.2, 0.25) is 0 Å². The van der Waals surface area contributed by atoms with Gasteiger partial charge in [-0.1, -0.05) is 19.3 Å². The van der Waals surface area contributed by atoms with Crippen LogP contribution < -0.4 is 10.8 Å². The Labute approximate surface area is 250 Å². The van der Waals surface area contributed by atoms with Crippen molar-refractivity contribution >= 4 is 17.9 Å². The zero-order chi connectivity index (χ0) is 29.9. The number of nitrogens with one attached hydrogen (secondary N) is 2. The molecule has 1 spiro atoms. The summed E-state index contributed by atoms with van der Waals surface area (Å²) in [5.41, 5.74) is 2.18. The first kappa shape index (κ1) is 31.5. The highest BCUT2D eigenvalue weighted by Crippen LogP contribution is 2.53. The first-order valence-electron chi connectivity index (χ1n) is 16.5. The molecule has 2 saturated heterocycles. The van der Waals surface area contributed by atoms with Gasteiger partial charge in [-0.3, -0.25) is 14.4 Å². The van der Waals surface area contributed by atoms with Gasteiger partial charge in [0.25, 0.3) is 0 Å². The molecule has 5 rings (SSSR count). The van der Waals surface area contributed by atoms with Gasteiger partial charge in [0.1, 0.15) is 5.60 Å². The summed E-state index contributed by atoms with van der Waals surface area (Å²) in [6.07, 6.45) is 10.8. The molecular weight excluding hydrogens is 538 g/mol. The molecule has 0 radical (unpaired) electrons. The maximum Gasteiger partial charge on any atom is 0.407 e. The van der Waals surface area contributed by atoms with E-state index in [1.54, 1.807) is 0 Å². The summed E-state index contributed by atoms with van der Waals surface area (Å²) >= 11 is 0. The standard InChI is InChI=1S/C32H53N3O7/c1-31(2,3)41-30(39)33-19-21-9-12-27-25(17-21)32(20-40-27)13-15-35(16-14-32)29(38)22-10-11-24(26(36)18-22)28(37)34-42-23-7-5-4-6-8-23/h21-27,36H,4-20H2,1-3H3,(H,33,39)(H,34,37). The van der Waals surface area contributed by atoms with Gasteiger partial charge in [0, 0.05) is 31.0 Å². The lowest BCUT2D eigenvalue weighted by Gasteiger charge is -2.46. The number of likely N-dealkylation sites (tertiary alicyclic amines) is 1. The van der Waals surface area contributed by atoms with Crippen LogP contribution in [0, 0.1) is 29.1 Å². The molecule has 10 heteroatoms. The highest BCUT2D eigenvalue weighted by Gasteiger charge is 2.53. The molecule has 6 atom stereocenters. The summed E-state index contributed by atoms with van der Waals surface area (Å²) in [7, 11) is 0. The van der Waals surface area contributed by atoms with E-state index in [9.17, 15) is 19.5 Å². The van der Waals surface area contributed by atoms with Crippen LogP contribution in [0.5, 0.6) is 0 Å². The largest absolute Gasteiger partial charge is 0.444 e. The van der Waals surface area contributed by atoms with Crippen LogP contribution in [0.15, 0.2) is 0 Å². The van der Waals surface area contributed by atoms with Crippen molar-refractivity contribution in [3.63, 3.8) is 0 Å². The minimum Gasteiger partial charge on any atom is -0.444 e. The summed E-state index contributed by atoms with van der Waals surface area (Å²) < 4.78 is 11.7. The Balaban J connectivity index is 1.07. The summed E-state index contributed by atoms with van der Waals surface area (Å²) in [5.74, 6) is -0.0807. The predicted molar refractivity (Wildman–Crippen MR) is 156 cm³/mol. The molecule has 3 N–H and O–H groups in total. The Morgan fingerprint density at radius 2 is 1.71 bits per heavy atom. The summed E-state index contributed by atoms with van der Waals surface area (Å²) in [5, 5.41) is 13.8. The van der Waals surface area contributed by atoms with Gasteiger partial charge < -0.3 is 24.8 Å². The second-order valence-electron chi connectivity index (χ2n) is 14.7. The van der Waals surface area contributed by atoms with Gasteiger partial charge in [-0.05, 0) is 96.8 Å². The lowest BCUT2D eigenvalue weighted by molar-refractivity contribution is -0.153. The molecule has 3 amide bonds. The maximum absolute atomic E-state index is 13.5. The number of ether oxygens (including phenoxy) is 2. The first-order valence-corrected chi connectivity index (χ1v) is 16.5. The number of alkyl carbamates (subject to hydrolysis) is 1. The van der Waals surface area contributed by atoms with Crippen LogP contribution in [0.1, 0.15) is 104 Å². The number of aliphatic hydroxyl groups is 1. The fourth-order valence-electron chi connectivity index (χ4n) is 8.20. The third kappa shape index (κ3) is 7.59. The average molecular weight is 592 g/mol. The second kappa shape index (κ2) is 13.4. The van der Waals surface area contributed by atoms with Gasteiger partial charge in [0.05, 0.1) is 30.8 Å². The molecule has 2 aliphatic heterocycles. The number of aliphatic hydroxyl groups excluding tert-OH is 1. The van der Waals surface area contributed by atoms with Crippen molar-refractivity contribution in [2.75, 3.05) is 26.2 Å². The lowest BCUT2D eigenvalue weighted by atomic mass is 9.63. The van der Waals surface area contributed by atoms with Crippen molar-refractivity contribution in [2.45, 2.75) is 128 Å². The van der Waals surface area contributed by atoms with Gasteiger partial charge in [-0.25, -0.2) is 10.3 Å². The molecule has 42 heavy (non-hydrogen) atoms. The van der Waals surface area contributed by atoms with Crippen molar-refractivity contribution in [1.29, 1.82) is 0 Å². The zero-order valence-electron chi connectivity index (χ0n) is 25.9. The van der Waals surface area contributed by atoms with Crippen LogP contribution in [0.3, 0.4) is 0 Å². The lowest BCUT2D eigenvalue weighted by Crippen LogP contribution is -2.51.